The number of phenolic OH excluding ortho intramolecular Hbond substituents is 1. The van der Waals surface area contributed by atoms with Crippen molar-refractivity contribution in [2.75, 3.05) is 0 Å². The van der Waals surface area contributed by atoms with E-state index in [4.69, 9.17) is 5.11 Å². The van der Waals surface area contributed by atoms with E-state index in [2.05, 4.69) is 30.5 Å². The molecule has 0 radical (unpaired) electrons. The van der Waals surface area contributed by atoms with Crippen molar-refractivity contribution in [1.82, 2.24) is 4.57 Å². The first-order chi connectivity index (χ1) is 14.2. The van der Waals surface area contributed by atoms with Gasteiger partial charge < -0.3 is 25.0 Å². The number of aromatic hydroxyl groups is 1. The van der Waals surface area contributed by atoms with Gasteiger partial charge in [-0.3, -0.25) is 0 Å². The largest absolute Gasteiger partial charge is 0.508 e. The fourth-order valence-corrected chi connectivity index (χ4v) is 3.70. The van der Waals surface area contributed by atoms with Gasteiger partial charge in [-0.1, -0.05) is 36.4 Å². The first-order valence-corrected chi connectivity index (χ1v) is 9.99. The van der Waals surface area contributed by atoms with Crippen LogP contribution in [0.2, 0.25) is 0 Å². The lowest BCUT2D eigenvalue weighted by Crippen LogP contribution is -2.37. The van der Waals surface area contributed by atoms with Gasteiger partial charge in [0.05, 0.1) is 0 Å². The van der Waals surface area contributed by atoms with Crippen LogP contribution < -0.4 is 0 Å². The number of benzene rings is 2. The zero-order valence-electron chi connectivity index (χ0n) is 17.1. The number of carboxylic acid groups (broad SMARTS) is 1. The van der Waals surface area contributed by atoms with Crippen molar-refractivity contribution >= 4 is 22.9 Å². The molecule has 0 amide bonds. The maximum atomic E-state index is 10.8. The first kappa shape index (κ1) is 21.6. The van der Waals surface area contributed by atoms with E-state index in [9.17, 15) is 20.1 Å². The molecule has 158 valence electrons. The standard InChI is InChI=1S/C24H27NO5/c1-16(2)25-20-9-6-5-8-19(20)22(17-11-13-18(26)14-12-17)21(25)10-4-3-7-15-24(29,30)23(27)28/h4-6,8-14,16,26,29-30H,3,7,15H2,1-2H3,(H,27,28). The van der Waals surface area contributed by atoms with Crippen molar-refractivity contribution in [3.05, 3.63) is 60.3 Å². The maximum absolute atomic E-state index is 10.8. The molecule has 0 spiro atoms. The molecule has 6 heteroatoms. The number of carboxylic acids is 1. The monoisotopic (exact) mass is 409 g/mol. The molecular weight excluding hydrogens is 382 g/mol. The Morgan fingerprint density at radius 3 is 2.40 bits per heavy atom. The molecule has 4 N–H and O–H groups in total. The summed E-state index contributed by atoms with van der Waals surface area (Å²) in [5.41, 5.74) is 4.15. The van der Waals surface area contributed by atoms with Crippen LogP contribution in [0.15, 0.2) is 54.6 Å². The number of aromatic nitrogens is 1. The third-order valence-corrected chi connectivity index (χ3v) is 5.14. The van der Waals surface area contributed by atoms with Gasteiger partial charge in [-0.2, -0.15) is 0 Å². The van der Waals surface area contributed by atoms with Gasteiger partial charge in [-0.05, 0) is 56.5 Å². The highest BCUT2D eigenvalue weighted by molar-refractivity contribution is 6.01. The predicted octanol–water partition coefficient (Wildman–Crippen LogP) is 4.54. The second kappa shape index (κ2) is 8.73. The van der Waals surface area contributed by atoms with Gasteiger partial charge in [0.2, 0.25) is 0 Å². The van der Waals surface area contributed by atoms with Gasteiger partial charge in [0.15, 0.2) is 0 Å². The van der Waals surface area contributed by atoms with Crippen molar-refractivity contribution in [3.8, 4) is 16.9 Å². The van der Waals surface area contributed by atoms with Crippen LogP contribution in [0.5, 0.6) is 5.75 Å². The lowest BCUT2D eigenvalue weighted by Gasteiger charge is -2.15. The van der Waals surface area contributed by atoms with Crippen LogP contribution >= 0.6 is 0 Å². The summed E-state index contributed by atoms with van der Waals surface area (Å²) in [6.45, 7) is 4.23. The number of allylic oxidation sites excluding steroid dienone is 1. The van der Waals surface area contributed by atoms with Gasteiger partial charge in [0.25, 0.3) is 5.79 Å². The molecule has 0 unspecified atom stereocenters. The van der Waals surface area contributed by atoms with Crippen molar-refractivity contribution in [1.29, 1.82) is 0 Å². The Morgan fingerprint density at radius 1 is 1.10 bits per heavy atom. The number of phenols is 1. The van der Waals surface area contributed by atoms with Crippen LogP contribution in [0.1, 0.15) is 44.8 Å². The molecule has 0 fully saturated rings. The number of unbranched alkanes of at least 4 members (excludes halogenated alkanes) is 1. The van der Waals surface area contributed by atoms with Crippen LogP contribution in [0.4, 0.5) is 0 Å². The molecule has 0 aliphatic heterocycles. The molecule has 0 aliphatic rings. The van der Waals surface area contributed by atoms with E-state index in [0.717, 1.165) is 27.7 Å². The lowest BCUT2D eigenvalue weighted by molar-refractivity contribution is -0.205. The fourth-order valence-electron chi connectivity index (χ4n) is 3.70. The predicted molar refractivity (Wildman–Crippen MR) is 117 cm³/mol. The second-order valence-electron chi connectivity index (χ2n) is 7.70. The van der Waals surface area contributed by atoms with Gasteiger partial charge >= 0.3 is 5.97 Å². The number of para-hydroxylation sites is 1. The van der Waals surface area contributed by atoms with Crippen molar-refractivity contribution in [2.24, 2.45) is 0 Å². The highest BCUT2D eigenvalue weighted by Gasteiger charge is 2.31. The molecule has 0 atom stereocenters. The van der Waals surface area contributed by atoms with E-state index in [-0.39, 0.29) is 18.2 Å². The van der Waals surface area contributed by atoms with Crippen molar-refractivity contribution in [2.45, 2.75) is 44.9 Å². The number of hydrogen-bond donors (Lipinski definition) is 4. The maximum Gasteiger partial charge on any atom is 0.364 e. The summed E-state index contributed by atoms with van der Waals surface area (Å²) in [6, 6.07) is 15.5. The number of carbonyl (C=O) groups is 1. The molecule has 3 rings (SSSR count). The summed E-state index contributed by atoms with van der Waals surface area (Å²) in [7, 11) is 0. The summed E-state index contributed by atoms with van der Waals surface area (Å²) in [6.07, 6.45) is 4.51. The third kappa shape index (κ3) is 4.40. The molecule has 0 saturated carbocycles. The first-order valence-electron chi connectivity index (χ1n) is 9.99. The van der Waals surface area contributed by atoms with E-state index >= 15 is 0 Å². The molecule has 0 aliphatic carbocycles. The average molecular weight is 409 g/mol. The topological polar surface area (TPSA) is 103 Å². The lowest BCUT2D eigenvalue weighted by atomic mass is 10.0. The minimum absolute atomic E-state index is 0.204. The summed E-state index contributed by atoms with van der Waals surface area (Å²) in [5.74, 6) is -4.13. The van der Waals surface area contributed by atoms with Crippen LogP contribution in [-0.2, 0) is 4.79 Å². The van der Waals surface area contributed by atoms with Gasteiger partial charge in [-0.25, -0.2) is 4.79 Å². The Bertz CT molecular complexity index is 1060. The fraction of sp³-hybridized carbons (Fsp3) is 0.292. The number of aliphatic hydroxyl groups is 2. The van der Waals surface area contributed by atoms with E-state index < -0.39 is 11.8 Å². The van der Waals surface area contributed by atoms with Gasteiger partial charge in [-0.15, -0.1) is 0 Å². The quantitative estimate of drug-likeness (QED) is 0.323. The van der Waals surface area contributed by atoms with E-state index in [1.807, 2.05) is 36.4 Å². The molecular formula is C24H27NO5. The Hall–Kier alpha value is -3.09. The van der Waals surface area contributed by atoms with Crippen LogP contribution in [0.3, 0.4) is 0 Å². The molecule has 30 heavy (non-hydrogen) atoms. The Kier molecular flexibility index (Phi) is 6.29. The number of aliphatic carboxylic acids is 1. The van der Waals surface area contributed by atoms with Crippen LogP contribution in [0, 0.1) is 0 Å². The Balaban J connectivity index is 2.00. The number of rotatable bonds is 8. The minimum Gasteiger partial charge on any atom is -0.508 e. The SMILES string of the molecule is CC(C)n1c(C=CCCCC(O)(O)C(=O)O)c(-c2ccc(O)cc2)c2ccccc21. The third-order valence-electron chi connectivity index (χ3n) is 5.14. The van der Waals surface area contributed by atoms with Crippen LogP contribution in [-0.4, -0.2) is 36.7 Å². The van der Waals surface area contributed by atoms with Gasteiger partial charge in [0.1, 0.15) is 5.75 Å². The molecule has 0 bridgehead atoms. The number of hydrogen-bond acceptors (Lipinski definition) is 4. The summed E-state index contributed by atoms with van der Waals surface area (Å²) in [4.78, 5) is 10.8. The van der Waals surface area contributed by atoms with E-state index in [1.54, 1.807) is 12.1 Å². The van der Waals surface area contributed by atoms with E-state index in [1.165, 1.54) is 0 Å². The Labute approximate surface area is 175 Å². The molecule has 0 saturated heterocycles. The minimum atomic E-state index is -2.70. The zero-order chi connectivity index (χ0) is 21.9. The molecule has 2 aromatic carbocycles. The summed E-state index contributed by atoms with van der Waals surface area (Å²) < 4.78 is 2.24. The summed E-state index contributed by atoms with van der Waals surface area (Å²) in [5, 5.41) is 38.5. The van der Waals surface area contributed by atoms with E-state index in [0.29, 0.717) is 12.8 Å². The highest BCUT2D eigenvalue weighted by Crippen LogP contribution is 2.38. The number of fused-ring (bicyclic) bond motifs is 1. The molecule has 1 aromatic heterocycles. The molecule has 3 aromatic rings. The van der Waals surface area contributed by atoms with Crippen molar-refractivity contribution < 1.29 is 25.2 Å². The molecule has 1 heterocycles. The Morgan fingerprint density at radius 2 is 1.77 bits per heavy atom. The van der Waals surface area contributed by atoms with Crippen molar-refractivity contribution in [3.63, 3.8) is 0 Å². The normalized spacial score (nSPS) is 12.3. The second-order valence-corrected chi connectivity index (χ2v) is 7.70. The smallest absolute Gasteiger partial charge is 0.364 e. The summed E-state index contributed by atoms with van der Waals surface area (Å²) >= 11 is 0. The number of nitrogens with zero attached hydrogens (tertiary/aromatic N) is 1. The molecule has 6 nitrogen and oxygen atoms in total. The van der Waals surface area contributed by atoms with Crippen LogP contribution in [0.25, 0.3) is 28.1 Å². The zero-order valence-corrected chi connectivity index (χ0v) is 17.1. The average Bonchev–Trinajstić information content (AvgIpc) is 3.02. The highest BCUT2D eigenvalue weighted by atomic mass is 16.5. The van der Waals surface area contributed by atoms with Gasteiger partial charge in [0, 0.05) is 34.6 Å².